The van der Waals surface area contributed by atoms with Crippen LogP contribution in [0.15, 0.2) is 128 Å². The third-order valence-electron chi connectivity index (χ3n) is 7.04. The summed E-state index contributed by atoms with van der Waals surface area (Å²) in [5, 5.41) is 0. The summed E-state index contributed by atoms with van der Waals surface area (Å²) in [6.07, 6.45) is 22.4. The molecule has 0 saturated carbocycles. The number of nitrogens with zero attached hydrogens (tertiary/aromatic N) is 4. The molecule has 0 spiro atoms. The van der Waals surface area contributed by atoms with Crippen LogP contribution in [0.5, 0.6) is 0 Å². The highest BCUT2D eigenvalue weighted by atomic mass is 14.8. The number of allylic oxidation sites excluding steroid dienone is 12. The summed E-state index contributed by atoms with van der Waals surface area (Å²) in [4.78, 5) is 19.6. The fourth-order valence-electron chi connectivity index (χ4n) is 4.82. The Morgan fingerprint density at radius 1 is 0.474 bits per heavy atom. The predicted octanol–water partition coefficient (Wildman–Crippen LogP) is 7.70. The summed E-state index contributed by atoms with van der Waals surface area (Å²) in [5.74, 6) is 0. The largest absolute Gasteiger partial charge is 0.249 e. The summed E-state index contributed by atoms with van der Waals surface area (Å²) in [6, 6.07) is 6.97. The first-order valence-electron chi connectivity index (χ1n) is 13.1. The number of fused-ring (bicyclic) bond motifs is 4. The molecule has 0 radical (unpaired) electrons. The molecule has 1 aromatic rings. The van der Waals surface area contributed by atoms with Crippen LogP contribution in [0.1, 0.15) is 58.2 Å². The molecule has 4 heteroatoms. The second-order valence-corrected chi connectivity index (χ2v) is 12.2. The maximum Gasteiger partial charge on any atom is 0.0737 e. The SMILES string of the molecule is CC(C)(C)c1cc(C2=C3C=CC(=N3)C=C3C=CC(=N3)C=C3C=CC(=N3)C=C3C=CC2=N3)cc(C(C)(C)C)c1. The van der Waals surface area contributed by atoms with Crippen LogP contribution in [0.25, 0.3) is 5.57 Å². The average molecular weight is 497 g/mol. The quantitative estimate of drug-likeness (QED) is 0.382. The van der Waals surface area contributed by atoms with Gasteiger partial charge in [-0.2, -0.15) is 0 Å². The van der Waals surface area contributed by atoms with Gasteiger partial charge in [-0.15, -0.1) is 0 Å². The van der Waals surface area contributed by atoms with Gasteiger partial charge in [0.2, 0.25) is 0 Å². The lowest BCUT2D eigenvalue weighted by molar-refractivity contribution is 0.568. The molecule has 188 valence electrons. The molecule has 0 N–H and O–H groups in total. The van der Waals surface area contributed by atoms with Crippen molar-refractivity contribution >= 4 is 28.4 Å². The van der Waals surface area contributed by atoms with Gasteiger partial charge in [-0.1, -0.05) is 59.7 Å². The molecular weight excluding hydrogens is 464 g/mol. The van der Waals surface area contributed by atoms with Gasteiger partial charge in [-0.3, -0.25) is 0 Å². The van der Waals surface area contributed by atoms with Crippen LogP contribution >= 0.6 is 0 Å². The Morgan fingerprint density at radius 3 is 1.50 bits per heavy atom. The summed E-state index contributed by atoms with van der Waals surface area (Å²) in [6.45, 7) is 13.6. The number of rotatable bonds is 1. The Bertz CT molecular complexity index is 1600. The number of hydrogen-bond donors (Lipinski definition) is 0. The molecule has 1 aromatic carbocycles. The van der Waals surface area contributed by atoms with E-state index in [0.717, 1.165) is 56.8 Å². The van der Waals surface area contributed by atoms with E-state index in [0.29, 0.717) is 0 Å². The molecule has 0 aromatic heterocycles. The van der Waals surface area contributed by atoms with Gasteiger partial charge in [0.15, 0.2) is 0 Å². The Balaban J connectivity index is 1.59. The van der Waals surface area contributed by atoms with E-state index in [-0.39, 0.29) is 10.8 Å². The molecule has 5 aliphatic heterocycles. The highest BCUT2D eigenvalue weighted by molar-refractivity contribution is 6.32. The minimum atomic E-state index is 0.00495. The Labute approximate surface area is 225 Å². The number of hydrogen-bond acceptors (Lipinski definition) is 4. The fourth-order valence-corrected chi connectivity index (χ4v) is 4.82. The third-order valence-corrected chi connectivity index (χ3v) is 7.04. The zero-order chi connectivity index (χ0) is 26.7. The van der Waals surface area contributed by atoms with E-state index in [1.54, 1.807) is 0 Å². The molecule has 0 unspecified atom stereocenters. The molecule has 0 fully saturated rings. The van der Waals surface area contributed by atoms with Crippen LogP contribution in [-0.4, -0.2) is 22.8 Å². The van der Waals surface area contributed by atoms with Crippen molar-refractivity contribution in [3.05, 3.63) is 125 Å². The van der Waals surface area contributed by atoms with Gasteiger partial charge < -0.3 is 0 Å². The van der Waals surface area contributed by atoms with E-state index in [4.69, 9.17) is 20.0 Å². The van der Waals surface area contributed by atoms with E-state index >= 15 is 0 Å². The van der Waals surface area contributed by atoms with Crippen LogP contribution in [0.4, 0.5) is 0 Å². The van der Waals surface area contributed by atoms with Gasteiger partial charge in [0.25, 0.3) is 0 Å². The van der Waals surface area contributed by atoms with Crippen LogP contribution in [0.2, 0.25) is 0 Å². The second kappa shape index (κ2) is 8.70. The van der Waals surface area contributed by atoms with Crippen LogP contribution < -0.4 is 0 Å². The highest BCUT2D eigenvalue weighted by Crippen LogP contribution is 2.36. The molecule has 5 aliphatic rings. The Hall–Kier alpha value is -4.18. The normalized spacial score (nSPS) is 19.9. The van der Waals surface area contributed by atoms with E-state index in [2.05, 4.69) is 84.0 Å². The molecule has 38 heavy (non-hydrogen) atoms. The summed E-state index contributed by atoms with van der Waals surface area (Å²) in [7, 11) is 0. The fraction of sp³-hybridized carbons (Fsp3) is 0.235. The van der Waals surface area contributed by atoms with Gasteiger partial charge in [0.1, 0.15) is 0 Å². The Kier molecular flexibility index (Phi) is 5.53. The molecule has 0 saturated heterocycles. The second-order valence-electron chi connectivity index (χ2n) is 12.2. The van der Waals surface area contributed by atoms with E-state index < -0.39 is 0 Å². The van der Waals surface area contributed by atoms with Crippen molar-refractivity contribution in [2.24, 2.45) is 20.0 Å². The van der Waals surface area contributed by atoms with Gasteiger partial charge in [0, 0.05) is 5.57 Å². The minimum absolute atomic E-state index is 0.00495. The highest BCUT2D eigenvalue weighted by Gasteiger charge is 2.25. The summed E-state index contributed by atoms with van der Waals surface area (Å²) >= 11 is 0. The molecule has 8 bridgehead atoms. The molecule has 6 rings (SSSR count). The first-order chi connectivity index (χ1) is 18.0. The minimum Gasteiger partial charge on any atom is -0.249 e. The van der Waals surface area contributed by atoms with E-state index in [9.17, 15) is 0 Å². The first kappa shape index (κ1) is 24.2. The van der Waals surface area contributed by atoms with Gasteiger partial charge in [-0.05, 0) is 94.4 Å². The zero-order valence-electron chi connectivity index (χ0n) is 22.9. The lowest BCUT2D eigenvalue weighted by Crippen LogP contribution is -2.17. The maximum atomic E-state index is 5.05. The van der Waals surface area contributed by atoms with Crippen molar-refractivity contribution < 1.29 is 0 Å². The van der Waals surface area contributed by atoms with Gasteiger partial charge in [-0.25, -0.2) is 20.0 Å². The van der Waals surface area contributed by atoms with Crippen LogP contribution in [0.3, 0.4) is 0 Å². The van der Waals surface area contributed by atoms with Crippen molar-refractivity contribution in [2.45, 2.75) is 52.4 Å². The molecule has 0 aliphatic carbocycles. The number of aliphatic imine (C=N–C) groups is 4. The smallest absolute Gasteiger partial charge is 0.0737 e. The molecular formula is C34H32N4. The summed E-state index contributed by atoms with van der Waals surface area (Å²) < 4.78 is 0. The number of benzene rings is 1. The predicted molar refractivity (Wildman–Crippen MR) is 161 cm³/mol. The van der Waals surface area contributed by atoms with Crippen molar-refractivity contribution in [3.8, 4) is 0 Å². The third kappa shape index (κ3) is 4.74. The Morgan fingerprint density at radius 2 is 0.947 bits per heavy atom. The topological polar surface area (TPSA) is 49.4 Å². The summed E-state index contributed by atoms with van der Waals surface area (Å²) in [5.41, 5.74) is 11.9. The standard InChI is InChI=1S/C34H32N4/c1-33(2,3)22-15-21(16-23(17-22)34(4,5)6)32-30-13-11-28(37-30)19-26-9-7-24(35-26)18-25-8-10-27(36-25)20-29-12-14-31(32)38-29/h7-20H,1-6H3. The first-order valence-corrected chi connectivity index (χ1v) is 13.1. The zero-order valence-corrected chi connectivity index (χ0v) is 22.9. The molecule has 5 heterocycles. The maximum absolute atomic E-state index is 5.05. The van der Waals surface area contributed by atoms with Crippen molar-refractivity contribution in [2.75, 3.05) is 0 Å². The monoisotopic (exact) mass is 496 g/mol. The van der Waals surface area contributed by atoms with E-state index in [1.165, 1.54) is 11.1 Å². The van der Waals surface area contributed by atoms with Gasteiger partial charge >= 0.3 is 0 Å². The van der Waals surface area contributed by atoms with Crippen molar-refractivity contribution in [1.82, 2.24) is 0 Å². The van der Waals surface area contributed by atoms with Crippen molar-refractivity contribution in [3.63, 3.8) is 0 Å². The van der Waals surface area contributed by atoms with Gasteiger partial charge in [0.05, 0.1) is 45.6 Å². The van der Waals surface area contributed by atoms with Crippen LogP contribution in [-0.2, 0) is 10.8 Å². The molecule has 4 nitrogen and oxygen atoms in total. The lowest BCUT2D eigenvalue weighted by atomic mass is 9.78. The lowest BCUT2D eigenvalue weighted by Gasteiger charge is -2.27. The van der Waals surface area contributed by atoms with Crippen LogP contribution in [0, 0.1) is 0 Å². The van der Waals surface area contributed by atoms with E-state index in [1.807, 2.05) is 42.5 Å². The molecule has 0 amide bonds. The van der Waals surface area contributed by atoms with Crippen molar-refractivity contribution in [1.29, 1.82) is 0 Å². The molecule has 0 atom stereocenters. The average Bonchev–Trinajstić information content (AvgIpc) is 3.64.